The van der Waals surface area contributed by atoms with Gasteiger partial charge in [-0.05, 0) is 18.2 Å². The van der Waals surface area contributed by atoms with Crippen molar-refractivity contribution in [3.05, 3.63) is 51.0 Å². The summed E-state index contributed by atoms with van der Waals surface area (Å²) in [6.07, 6.45) is 0.294. The molecule has 0 saturated carbocycles. The number of amides is 1. The number of nitrogens with two attached hydrogens (primary N) is 1. The van der Waals surface area contributed by atoms with Crippen molar-refractivity contribution in [1.29, 1.82) is 5.26 Å². The van der Waals surface area contributed by atoms with Gasteiger partial charge in [-0.2, -0.15) is 5.26 Å². The van der Waals surface area contributed by atoms with Crippen molar-refractivity contribution in [2.75, 3.05) is 12.4 Å². The van der Waals surface area contributed by atoms with Gasteiger partial charge in [0.15, 0.2) is 5.41 Å². The molecule has 0 fully saturated rings. The highest BCUT2D eigenvalue weighted by atomic mass is 79.9. The molecular formula is C17H14BrN3O4. The van der Waals surface area contributed by atoms with Crippen LogP contribution in [-0.2, 0) is 24.5 Å². The number of nitriles is 1. The van der Waals surface area contributed by atoms with Gasteiger partial charge in [-0.15, -0.1) is 0 Å². The summed E-state index contributed by atoms with van der Waals surface area (Å²) in [4.78, 5) is 25.6. The number of ether oxygens (including phenoxy) is 2. The van der Waals surface area contributed by atoms with Crippen LogP contribution in [0.2, 0.25) is 0 Å². The Hall–Kier alpha value is -2.79. The van der Waals surface area contributed by atoms with E-state index in [4.69, 9.17) is 15.2 Å². The van der Waals surface area contributed by atoms with Crippen LogP contribution >= 0.6 is 15.9 Å². The van der Waals surface area contributed by atoms with E-state index >= 15 is 0 Å². The summed E-state index contributed by atoms with van der Waals surface area (Å²) in [5, 5.41) is 12.4. The third-order valence-corrected chi connectivity index (χ3v) is 4.80. The Bertz CT molecular complexity index is 913. The lowest BCUT2D eigenvalue weighted by molar-refractivity contribution is -0.138. The van der Waals surface area contributed by atoms with Crippen LogP contribution in [0.1, 0.15) is 18.9 Å². The zero-order chi connectivity index (χ0) is 18.4. The van der Waals surface area contributed by atoms with E-state index in [1.54, 1.807) is 25.1 Å². The van der Waals surface area contributed by atoms with E-state index in [-0.39, 0.29) is 22.8 Å². The van der Waals surface area contributed by atoms with E-state index < -0.39 is 17.3 Å². The van der Waals surface area contributed by atoms with Gasteiger partial charge in [0, 0.05) is 22.1 Å². The second-order valence-corrected chi connectivity index (χ2v) is 6.41. The van der Waals surface area contributed by atoms with Gasteiger partial charge in [-0.1, -0.05) is 22.9 Å². The number of fused-ring (bicyclic) bond motifs is 2. The number of benzene rings is 1. The van der Waals surface area contributed by atoms with Gasteiger partial charge < -0.3 is 20.5 Å². The molecule has 1 spiro atoms. The number of anilines is 1. The molecule has 8 heteroatoms. The smallest absolute Gasteiger partial charge is 0.339 e. The Kier molecular flexibility index (Phi) is 4.05. The first-order valence-corrected chi connectivity index (χ1v) is 8.22. The molecule has 1 atom stereocenters. The van der Waals surface area contributed by atoms with Crippen molar-refractivity contribution in [3.63, 3.8) is 0 Å². The number of methoxy groups -OCH3 is 1. The zero-order valence-corrected chi connectivity index (χ0v) is 15.1. The van der Waals surface area contributed by atoms with E-state index in [9.17, 15) is 14.9 Å². The van der Waals surface area contributed by atoms with Gasteiger partial charge in [-0.3, -0.25) is 4.79 Å². The molecule has 2 aliphatic rings. The summed E-state index contributed by atoms with van der Waals surface area (Å²) in [5.74, 6) is -1.30. The largest absolute Gasteiger partial charge is 0.466 e. The molecule has 0 unspecified atom stereocenters. The second-order valence-electron chi connectivity index (χ2n) is 5.49. The highest BCUT2D eigenvalue weighted by Gasteiger charge is 2.60. The lowest BCUT2D eigenvalue weighted by Gasteiger charge is -2.34. The van der Waals surface area contributed by atoms with Crippen LogP contribution in [-0.4, -0.2) is 19.0 Å². The quantitative estimate of drug-likeness (QED) is 0.731. The number of halogens is 1. The monoisotopic (exact) mass is 403 g/mol. The van der Waals surface area contributed by atoms with Gasteiger partial charge in [0.2, 0.25) is 11.8 Å². The maximum Gasteiger partial charge on any atom is 0.339 e. The predicted octanol–water partition coefficient (Wildman–Crippen LogP) is 2.20. The minimum absolute atomic E-state index is 0.0300. The van der Waals surface area contributed by atoms with Crippen LogP contribution < -0.4 is 11.1 Å². The number of allylic oxidation sites excluding steroid dienone is 1. The van der Waals surface area contributed by atoms with Crippen LogP contribution in [0.3, 0.4) is 0 Å². The zero-order valence-electron chi connectivity index (χ0n) is 13.5. The average molecular weight is 404 g/mol. The SMILES string of the molecule is CCC1=C(C(=O)OC)[C@]2(C(=O)Nc3ccc(Br)cc32)C(C#N)=C(N)O1. The molecule has 0 saturated heterocycles. The first-order valence-electron chi connectivity index (χ1n) is 7.43. The number of hydrogen-bond donors (Lipinski definition) is 2. The van der Waals surface area contributed by atoms with Crippen LogP contribution in [0, 0.1) is 11.3 Å². The number of rotatable bonds is 2. The van der Waals surface area contributed by atoms with Gasteiger partial charge >= 0.3 is 5.97 Å². The highest BCUT2D eigenvalue weighted by molar-refractivity contribution is 9.10. The third kappa shape index (κ3) is 2.16. The van der Waals surface area contributed by atoms with Crippen molar-refractivity contribution >= 4 is 33.5 Å². The van der Waals surface area contributed by atoms with Gasteiger partial charge in [0.05, 0.1) is 7.11 Å². The van der Waals surface area contributed by atoms with Crippen LogP contribution in [0.25, 0.3) is 0 Å². The predicted molar refractivity (Wildman–Crippen MR) is 91.7 cm³/mol. The number of nitrogens with one attached hydrogen (secondary N) is 1. The number of nitrogens with zero attached hydrogens (tertiary/aromatic N) is 1. The summed E-state index contributed by atoms with van der Waals surface area (Å²) in [5.41, 5.74) is 5.00. The average Bonchev–Trinajstić information content (AvgIpc) is 2.87. The summed E-state index contributed by atoms with van der Waals surface area (Å²) < 4.78 is 11.1. The Labute approximate surface area is 152 Å². The second kappa shape index (κ2) is 5.93. The third-order valence-electron chi connectivity index (χ3n) is 4.31. The van der Waals surface area contributed by atoms with E-state index in [0.29, 0.717) is 22.1 Å². The normalized spacial score (nSPS) is 21.6. The summed E-state index contributed by atoms with van der Waals surface area (Å²) in [6, 6.07) is 7.06. The van der Waals surface area contributed by atoms with Crippen LogP contribution in [0.4, 0.5) is 5.69 Å². The highest BCUT2D eigenvalue weighted by Crippen LogP contribution is 2.52. The van der Waals surface area contributed by atoms with Gasteiger partial charge in [-0.25, -0.2) is 4.79 Å². The summed E-state index contributed by atoms with van der Waals surface area (Å²) in [6.45, 7) is 1.76. The number of carbonyl (C=O) groups excluding carboxylic acids is 2. The van der Waals surface area contributed by atoms with E-state index in [1.165, 1.54) is 7.11 Å². The first-order chi connectivity index (χ1) is 11.9. The molecule has 0 radical (unpaired) electrons. The van der Waals surface area contributed by atoms with E-state index in [1.807, 2.05) is 6.07 Å². The molecule has 3 N–H and O–H groups in total. The van der Waals surface area contributed by atoms with E-state index in [0.717, 1.165) is 0 Å². The van der Waals surface area contributed by atoms with Gasteiger partial charge in [0.1, 0.15) is 23.0 Å². The topological polar surface area (TPSA) is 114 Å². The molecule has 0 bridgehead atoms. The summed E-state index contributed by atoms with van der Waals surface area (Å²) in [7, 11) is 1.21. The lowest BCUT2D eigenvalue weighted by atomic mass is 9.68. The summed E-state index contributed by atoms with van der Waals surface area (Å²) >= 11 is 3.37. The number of carbonyl (C=O) groups is 2. The molecular weight excluding hydrogens is 390 g/mol. The number of esters is 1. The van der Waals surface area contributed by atoms with Crippen molar-refractivity contribution in [1.82, 2.24) is 0 Å². The maximum atomic E-state index is 13.1. The fourth-order valence-electron chi connectivity index (χ4n) is 3.28. The molecule has 1 aromatic rings. The fraction of sp³-hybridized carbons (Fsp3) is 0.235. The van der Waals surface area contributed by atoms with Crippen molar-refractivity contribution in [2.24, 2.45) is 5.73 Å². The molecule has 1 amide bonds. The van der Waals surface area contributed by atoms with Crippen molar-refractivity contribution < 1.29 is 19.1 Å². The molecule has 25 heavy (non-hydrogen) atoms. The Morgan fingerprint density at radius 2 is 2.24 bits per heavy atom. The molecule has 0 aliphatic carbocycles. The molecule has 3 rings (SSSR count). The lowest BCUT2D eigenvalue weighted by Crippen LogP contribution is -2.45. The van der Waals surface area contributed by atoms with Crippen LogP contribution in [0.5, 0.6) is 0 Å². The minimum Gasteiger partial charge on any atom is -0.466 e. The standard InChI is InChI=1S/C17H14BrN3O4/c1-3-12-13(15(22)24-2)17(10(7-19)14(20)25-12)9-6-8(18)4-5-11(9)21-16(17)23/h4-6H,3,20H2,1-2H3,(H,21,23)/t17-/m1/s1. The minimum atomic E-state index is -1.70. The molecule has 128 valence electrons. The Balaban J connectivity index is 2.47. The van der Waals surface area contributed by atoms with Crippen molar-refractivity contribution in [3.8, 4) is 6.07 Å². The Morgan fingerprint density at radius 3 is 2.84 bits per heavy atom. The molecule has 1 aromatic carbocycles. The molecule has 0 aromatic heterocycles. The first kappa shape index (κ1) is 17.0. The Morgan fingerprint density at radius 1 is 1.52 bits per heavy atom. The maximum absolute atomic E-state index is 13.1. The fourth-order valence-corrected chi connectivity index (χ4v) is 3.64. The van der Waals surface area contributed by atoms with Crippen molar-refractivity contribution in [2.45, 2.75) is 18.8 Å². The molecule has 2 aliphatic heterocycles. The van der Waals surface area contributed by atoms with Crippen LogP contribution in [0.15, 0.2) is 45.5 Å². The van der Waals surface area contributed by atoms with E-state index in [2.05, 4.69) is 21.2 Å². The van der Waals surface area contributed by atoms with Gasteiger partial charge in [0.25, 0.3) is 0 Å². The molecule has 2 heterocycles. The number of hydrogen-bond acceptors (Lipinski definition) is 6. The molecule has 7 nitrogen and oxygen atoms in total.